The zero-order valence-electron chi connectivity index (χ0n) is 10.7. The number of amides is 1. The van der Waals surface area contributed by atoms with E-state index < -0.39 is 18.0 Å². The van der Waals surface area contributed by atoms with Gasteiger partial charge < -0.3 is 10.1 Å². The molecule has 1 aromatic rings. The second-order valence-corrected chi connectivity index (χ2v) is 4.32. The third-order valence-electron chi connectivity index (χ3n) is 2.40. The van der Waals surface area contributed by atoms with Crippen LogP contribution in [0, 0.1) is 6.92 Å². The standard InChI is InChI=1S/C13H15NO4S/c1-8-5-3-4-6-10(8)12(16)18-13(17)11(7-19)14-9(2)15/h3-6,11,19H,7H2,1-2H3,(H,14,15). The second kappa shape index (κ2) is 6.94. The maximum atomic E-state index is 11.8. The summed E-state index contributed by atoms with van der Waals surface area (Å²) >= 11 is 3.93. The molecule has 1 N–H and O–H groups in total. The molecule has 0 fully saturated rings. The number of carbonyl (C=O) groups is 3. The molecule has 0 saturated carbocycles. The quantitative estimate of drug-likeness (QED) is 0.493. The van der Waals surface area contributed by atoms with Gasteiger partial charge in [0.05, 0.1) is 5.56 Å². The number of hydrogen-bond donors (Lipinski definition) is 2. The van der Waals surface area contributed by atoms with Gasteiger partial charge in [-0.25, -0.2) is 9.59 Å². The summed E-state index contributed by atoms with van der Waals surface area (Å²) in [5, 5.41) is 2.36. The first-order valence-electron chi connectivity index (χ1n) is 5.65. The monoisotopic (exact) mass is 281 g/mol. The van der Waals surface area contributed by atoms with Crippen molar-refractivity contribution in [1.29, 1.82) is 0 Å². The van der Waals surface area contributed by atoms with Crippen LogP contribution in [0.4, 0.5) is 0 Å². The van der Waals surface area contributed by atoms with Gasteiger partial charge >= 0.3 is 11.9 Å². The van der Waals surface area contributed by atoms with E-state index in [4.69, 9.17) is 4.74 Å². The zero-order valence-corrected chi connectivity index (χ0v) is 11.6. The van der Waals surface area contributed by atoms with Crippen molar-refractivity contribution in [3.63, 3.8) is 0 Å². The minimum atomic E-state index is -0.936. The first-order chi connectivity index (χ1) is 8.95. The maximum Gasteiger partial charge on any atom is 0.346 e. The third-order valence-corrected chi connectivity index (χ3v) is 2.77. The molecular weight excluding hydrogens is 266 g/mol. The molecule has 0 bridgehead atoms. The normalized spacial score (nSPS) is 11.5. The molecule has 0 saturated heterocycles. The lowest BCUT2D eigenvalue weighted by molar-refractivity contribution is -0.141. The van der Waals surface area contributed by atoms with Crippen molar-refractivity contribution in [1.82, 2.24) is 5.32 Å². The van der Waals surface area contributed by atoms with E-state index in [-0.39, 0.29) is 11.7 Å². The Kier molecular flexibility index (Phi) is 5.57. The number of aryl methyl sites for hydroxylation is 1. The lowest BCUT2D eigenvalue weighted by Crippen LogP contribution is -2.42. The fraction of sp³-hybridized carbons (Fsp3) is 0.308. The second-order valence-electron chi connectivity index (χ2n) is 3.96. The van der Waals surface area contributed by atoms with Crippen molar-refractivity contribution >= 4 is 30.5 Å². The first-order valence-corrected chi connectivity index (χ1v) is 6.28. The van der Waals surface area contributed by atoms with Crippen molar-refractivity contribution in [3.05, 3.63) is 35.4 Å². The molecule has 0 aliphatic carbocycles. The number of esters is 2. The highest BCUT2D eigenvalue weighted by Crippen LogP contribution is 2.09. The molecule has 0 spiro atoms. The molecule has 0 aliphatic rings. The van der Waals surface area contributed by atoms with Crippen LogP contribution in [-0.2, 0) is 14.3 Å². The molecule has 1 aromatic carbocycles. The van der Waals surface area contributed by atoms with Crippen LogP contribution in [-0.4, -0.2) is 29.6 Å². The molecule has 1 rings (SSSR count). The highest BCUT2D eigenvalue weighted by Gasteiger charge is 2.23. The topological polar surface area (TPSA) is 72.5 Å². The smallest absolute Gasteiger partial charge is 0.346 e. The van der Waals surface area contributed by atoms with Crippen molar-refractivity contribution in [2.24, 2.45) is 0 Å². The Morgan fingerprint density at radius 3 is 2.47 bits per heavy atom. The fourth-order valence-corrected chi connectivity index (χ4v) is 1.68. The summed E-state index contributed by atoms with van der Waals surface area (Å²) in [5.41, 5.74) is 1.03. The van der Waals surface area contributed by atoms with Crippen LogP contribution in [0.1, 0.15) is 22.8 Å². The summed E-state index contributed by atoms with van der Waals surface area (Å²) in [4.78, 5) is 34.4. The van der Waals surface area contributed by atoms with Gasteiger partial charge in [0.25, 0.3) is 0 Å². The van der Waals surface area contributed by atoms with E-state index in [1.54, 1.807) is 31.2 Å². The van der Waals surface area contributed by atoms with Crippen molar-refractivity contribution in [2.45, 2.75) is 19.9 Å². The molecule has 0 aromatic heterocycles. The molecule has 102 valence electrons. The van der Waals surface area contributed by atoms with Crippen LogP contribution in [0.15, 0.2) is 24.3 Å². The molecule has 1 atom stereocenters. The molecule has 0 radical (unpaired) electrons. The van der Waals surface area contributed by atoms with Gasteiger partial charge in [-0.15, -0.1) is 0 Å². The summed E-state index contributed by atoms with van der Waals surface area (Å²) in [6, 6.07) is 5.83. The van der Waals surface area contributed by atoms with Crippen molar-refractivity contribution < 1.29 is 19.1 Å². The van der Waals surface area contributed by atoms with Gasteiger partial charge in [0, 0.05) is 12.7 Å². The summed E-state index contributed by atoms with van der Waals surface area (Å²) in [6.45, 7) is 3.01. The lowest BCUT2D eigenvalue weighted by atomic mass is 10.1. The number of rotatable bonds is 4. The number of nitrogens with one attached hydrogen (secondary N) is 1. The Bertz CT molecular complexity index is 501. The van der Waals surface area contributed by atoms with E-state index in [1.807, 2.05) is 0 Å². The van der Waals surface area contributed by atoms with Gasteiger partial charge in [0.15, 0.2) is 0 Å². The molecular formula is C13H15NO4S. The Labute approximate surface area is 116 Å². The highest BCUT2D eigenvalue weighted by atomic mass is 32.1. The summed E-state index contributed by atoms with van der Waals surface area (Å²) in [7, 11) is 0. The van der Waals surface area contributed by atoms with E-state index in [0.717, 1.165) is 0 Å². The van der Waals surface area contributed by atoms with Crippen LogP contribution < -0.4 is 5.32 Å². The van der Waals surface area contributed by atoms with E-state index in [1.165, 1.54) is 6.92 Å². The van der Waals surface area contributed by atoms with Crippen LogP contribution in [0.25, 0.3) is 0 Å². The highest BCUT2D eigenvalue weighted by molar-refractivity contribution is 7.80. The Balaban J connectivity index is 2.73. The van der Waals surface area contributed by atoms with E-state index in [2.05, 4.69) is 17.9 Å². The molecule has 19 heavy (non-hydrogen) atoms. The number of benzene rings is 1. The van der Waals surface area contributed by atoms with E-state index in [9.17, 15) is 14.4 Å². The summed E-state index contributed by atoms with van der Waals surface area (Å²) in [6.07, 6.45) is 0. The van der Waals surface area contributed by atoms with Crippen molar-refractivity contribution in [2.75, 3.05) is 5.75 Å². The van der Waals surface area contributed by atoms with Crippen LogP contribution in [0.2, 0.25) is 0 Å². The molecule has 5 nitrogen and oxygen atoms in total. The largest absolute Gasteiger partial charge is 0.388 e. The number of carbonyl (C=O) groups excluding carboxylic acids is 3. The van der Waals surface area contributed by atoms with E-state index in [0.29, 0.717) is 11.1 Å². The van der Waals surface area contributed by atoms with Gasteiger partial charge in [-0.05, 0) is 18.6 Å². The third kappa shape index (κ3) is 4.40. The maximum absolute atomic E-state index is 11.8. The predicted molar refractivity (Wildman–Crippen MR) is 73.1 cm³/mol. The molecule has 1 amide bonds. The number of ether oxygens (including phenoxy) is 1. The minimum Gasteiger partial charge on any atom is -0.388 e. The van der Waals surface area contributed by atoms with E-state index >= 15 is 0 Å². The van der Waals surface area contributed by atoms with Crippen molar-refractivity contribution in [3.8, 4) is 0 Å². The first kappa shape index (κ1) is 15.2. The summed E-state index contributed by atoms with van der Waals surface area (Å²) in [5.74, 6) is -1.89. The predicted octanol–water partition coefficient (Wildman–Crippen LogP) is 1.11. The fourth-order valence-electron chi connectivity index (χ4n) is 1.44. The zero-order chi connectivity index (χ0) is 14.4. The Hall–Kier alpha value is -1.82. The van der Waals surface area contributed by atoms with Gasteiger partial charge in [0.2, 0.25) is 5.91 Å². The van der Waals surface area contributed by atoms with Gasteiger partial charge in [-0.1, -0.05) is 18.2 Å². The van der Waals surface area contributed by atoms with Crippen LogP contribution in [0.5, 0.6) is 0 Å². The van der Waals surface area contributed by atoms with Crippen LogP contribution in [0.3, 0.4) is 0 Å². The number of thiol groups is 1. The van der Waals surface area contributed by atoms with Gasteiger partial charge in [0.1, 0.15) is 6.04 Å². The average Bonchev–Trinajstić information content (AvgIpc) is 2.35. The lowest BCUT2D eigenvalue weighted by Gasteiger charge is -2.13. The number of hydrogen-bond acceptors (Lipinski definition) is 5. The molecule has 0 aliphatic heterocycles. The Morgan fingerprint density at radius 1 is 1.32 bits per heavy atom. The molecule has 1 unspecified atom stereocenters. The van der Waals surface area contributed by atoms with Gasteiger partial charge in [-0.2, -0.15) is 12.6 Å². The van der Waals surface area contributed by atoms with Gasteiger partial charge in [-0.3, -0.25) is 4.79 Å². The molecule has 6 heteroatoms. The Morgan fingerprint density at radius 2 is 1.95 bits per heavy atom. The molecule has 0 heterocycles. The van der Waals surface area contributed by atoms with Crippen LogP contribution >= 0.6 is 12.6 Å². The SMILES string of the molecule is CC(=O)NC(CS)C(=O)OC(=O)c1ccccc1C. The average molecular weight is 281 g/mol. The summed E-state index contributed by atoms with van der Waals surface area (Å²) < 4.78 is 4.73. The minimum absolute atomic E-state index is 0.0550.